The van der Waals surface area contributed by atoms with Gasteiger partial charge in [-0.15, -0.1) is 0 Å². The highest BCUT2D eigenvalue weighted by Gasteiger charge is 2.29. The van der Waals surface area contributed by atoms with Gasteiger partial charge < -0.3 is 10.1 Å². The molecular weight excluding hydrogens is 281 g/mol. The van der Waals surface area contributed by atoms with Crippen molar-refractivity contribution in [3.8, 4) is 0 Å². The zero-order valence-electron chi connectivity index (χ0n) is 10.9. The number of hydrogen-bond donors (Lipinski definition) is 1. The molecule has 0 spiro atoms. The first-order valence-electron chi connectivity index (χ1n) is 6.17. The van der Waals surface area contributed by atoms with Crippen LogP contribution in [0.1, 0.15) is 24.9 Å². The summed E-state index contributed by atoms with van der Waals surface area (Å²) in [6.07, 6.45) is -3.80. The van der Waals surface area contributed by atoms with Gasteiger partial charge in [0.1, 0.15) is 18.2 Å². The van der Waals surface area contributed by atoms with E-state index in [4.69, 9.17) is 0 Å². The summed E-state index contributed by atoms with van der Waals surface area (Å²) in [6, 6.07) is 2.35. The summed E-state index contributed by atoms with van der Waals surface area (Å²) in [7, 11) is 0. The number of nitrogens with one attached hydrogen (secondary N) is 1. The Morgan fingerprint density at radius 2 is 1.80 bits per heavy atom. The molecular formula is C13H16F5NO. The molecule has 1 aromatic carbocycles. The van der Waals surface area contributed by atoms with Crippen molar-refractivity contribution < 1.29 is 26.7 Å². The minimum atomic E-state index is -4.47. The van der Waals surface area contributed by atoms with E-state index in [0.29, 0.717) is 13.0 Å². The van der Waals surface area contributed by atoms with E-state index in [9.17, 15) is 22.0 Å². The molecule has 2 nitrogen and oxygen atoms in total. The number of rotatable bonds is 7. The lowest BCUT2D eigenvalue weighted by Crippen LogP contribution is -2.30. The largest absolute Gasteiger partial charge is 0.411 e. The molecule has 0 aliphatic heterocycles. The molecule has 0 aliphatic carbocycles. The Morgan fingerprint density at radius 3 is 2.30 bits per heavy atom. The molecule has 1 N–H and O–H groups in total. The molecule has 0 aliphatic rings. The fourth-order valence-corrected chi connectivity index (χ4v) is 1.70. The molecule has 0 bridgehead atoms. The van der Waals surface area contributed by atoms with Gasteiger partial charge >= 0.3 is 6.18 Å². The Kier molecular flexibility index (Phi) is 6.35. The Labute approximate surface area is 113 Å². The van der Waals surface area contributed by atoms with Crippen LogP contribution in [0.2, 0.25) is 0 Å². The second kappa shape index (κ2) is 7.54. The Balaban J connectivity index is 2.78. The van der Waals surface area contributed by atoms with Gasteiger partial charge in [-0.05, 0) is 25.1 Å². The summed E-state index contributed by atoms with van der Waals surface area (Å²) in [5.74, 6) is -1.62. The number of alkyl halides is 3. The van der Waals surface area contributed by atoms with Gasteiger partial charge in [0.15, 0.2) is 0 Å². The van der Waals surface area contributed by atoms with E-state index in [1.54, 1.807) is 0 Å². The van der Waals surface area contributed by atoms with E-state index in [1.807, 2.05) is 6.92 Å². The van der Waals surface area contributed by atoms with Crippen molar-refractivity contribution >= 4 is 0 Å². The van der Waals surface area contributed by atoms with E-state index in [1.165, 1.54) is 6.07 Å². The van der Waals surface area contributed by atoms with Crippen LogP contribution in [0, 0.1) is 11.6 Å². The second-order valence-electron chi connectivity index (χ2n) is 4.27. The van der Waals surface area contributed by atoms with Gasteiger partial charge in [0.2, 0.25) is 0 Å². The molecule has 0 fully saturated rings. The summed E-state index contributed by atoms with van der Waals surface area (Å²) >= 11 is 0. The van der Waals surface area contributed by atoms with Crippen molar-refractivity contribution in [1.29, 1.82) is 0 Å². The smallest absolute Gasteiger partial charge is 0.370 e. The molecule has 1 rings (SSSR count). The number of halogens is 5. The van der Waals surface area contributed by atoms with Gasteiger partial charge in [-0.2, -0.15) is 13.2 Å². The average Bonchev–Trinajstić information content (AvgIpc) is 2.33. The van der Waals surface area contributed by atoms with Crippen molar-refractivity contribution in [3.63, 3.8) is 0 Å². The monoisotopic (exact) mass is 297 g/mol. The lowest BCUT2D eigenvalue weighted by molar-refractivity contribution is -0.175. The number of hydrogen-bond acceptors (Lipinski definition) is 2. The normalized spacial score (nSPS) is 13.5. The summed E-state index contributed by atoms with van der Waals surface area (Å²) in [6.45, 7) is 0.330. The minimum Gasteiger partial charge on any atom is -0.370 e. The summed E-state index contributed by atoms with van der Waals surface area (Å²) in [5.41, 5.74) is -0.303. The fraction of sp³-hybridized carbons (Fsp3) is 0.538. The van der Waals surface area contributed by atoms with Crippen molar-refractivity contribution in [1.82, 2.24) is 5.32 Å². The predicted molar refractivity (Wildman–Crippen MR) is 64.3 cm³/mol. The minimum absolute atomic E-state index is 0.303. The first-order valence-corrected chi connectivity index (χ1v) is 6.17. The van der Waals surface area contributed by atoms with Gasteiger partial charge in [-0.3, -0.25) is 0 Å². The van der Waals surface area contributed by atoms with Crippen LogP contribution in [0.25, 0.3) is 0 Å². The average molecular weight is 297 g/mol. The van der Waals surface area contributed by atoms with Crippen LogP contribution in [0.5, 0.6) is 0 Å². The molecule has 1 aromatic rings. The molecule has 1 unspecified atom stereocenters. The molecule has 0 saturated heterocycles. The molecule has 0 aromatic heterocycles. The highest BCUT2D eigenvalue weighted by molar-refractivity contribution is 5.23. The van der Waals surface area contributed by atoms with Crippen LogP contribution in [-0.4, -0.2) is 25.9 Å². The van der Waals surface area contributed by atoms with E-state index >= 15 is 0 Å². The van der Waals surface area contributed by atoms with Crippen LogP contribution < -0.4 is 5.32 Å². The number of benzene rings is 1. The quantitative estimate of drug-likeness (QED) is 0.777. The maximum absolute atomic E-state index is 13.6. The van der Waals surface area contributed by atoms with Gasteiger partial charge in [0.05, 0.1) is 12.6 Å². The number of ether oxygens (including phenoxy) is 1. The predicted octanol–water partition coefficient (Wildman–Crippen LogP) is 3.58. The zero-order valence-corrected chi connectivity index (χ0v) is 10.9. The van der Waals surface area contributed by atoms with E-state index in [2.05, 4.69) is 10.1 Å². The SMILES string of the molecule is CCCNC(COCC(F)(F)F)c1c(F)cccc1F. The van der Waals surface area contributed by atoms with Gasteiger partial charge in [0.25, 0.3) is 0 Å². The van der Waals surface area contributed by atoms with Crippen molar-refractivity contribution in [2.45, 2.75) is 25.6 Å². The Morgan fingerprint density at radius 1 is 1.20 bits per heavy atom. The molecule has 0 heterocycles. The first kappa shape index (κ1) is 16.8. The van der Waals surface area contributed by atoms with Crippen LogP contribution in [0.3, 0.4) is 0 Å². The van der Waals surface area contributed by atoms with E-state index in [-0.39, 0.29) is 5.56 Å². The zero-order chi connectivity index (χ0) is 15.2. The van der Waals surface area contributed by atoms with Crippen molar-refractivity contribution in [3.05, 3.63) is 35.4 Å². The molecule has 0 radical (unpaired) electrons. The summed E-state index contributed by atoms with van der Waals surface area (Å²) < 4.78 is 67.8. The molecule has 20 heavy (non-hydrogen) atoms. The third-order valence-corrected chi connectivity index (χ3v) is 2.54. The van der Waals surface area contributed by atoms with Gasteiger partial charge in [-0.25, -0.2) is 8.78 Å². The van der Waals surface area contributed by atoms with E-state index in [0.717, 1.165) is 12.1 Å². The van der Waals surface area contributed by atoms with Crippen molar-refractivity contribution in [2.24, 2.45) is 0 Å². The first-order chi connectivity index (χ1) is 9.35. The highest BCUT2D eigenvalue weighted by Crippen LogP contribution is 2.22. The van der Waals surface area contributed by atoms with Gasteiger partial charge in [-0.1, -0.05) is 13.0 Å². The third kappa shape index (κ3) is 5.42. The fourth-order valence-electron chi connectivity index (χ4n) is 1.70. The second-order valence-corrected chi connectivity index (χ2v) is 4.27. The van der Waals surface area contributed by atoms with E-state index < -0.39 is 37.1 Å². The highest BCUT2D eigenvalue weighted by atomic mass is 19.4. The van der Waals surface area contributed by atoms with Crippen LogP contribution in [-0.2, 0) is 4.74 Å². The van der Waals surface area contributed by atoms with Crippen LogP contribution >= 0.6 is 0 Å². The Bertz CT molecular complexity index is 401. The van der Waals surface area contributed by atoms with Crippen LogP contribution in [0.4, 0.5) is 22.0 Å². The maximum Gasteiger partial charge on any atom is 0.411 e. The van der Waals surface area contributed by atoms with Crippen LogP contribution in [0.15, 0.2) is 18.2 Å². The summed E-state index contributed by atoms with van der Waals surface area (Å²) in [4.78, 5) is 0. The molecule has 1 atom stereocenters. The maximum atomic E-state index is 13.6. The third-order valence-electron chi connectivity index (χ3n) is 2.54. The van der Waals surface area contributed by atoms with Crippen molar-refractivity contribution in [2.75, 3.05) is 19.8 Å². The lowest BCUT2D eigenvalue weighted by atomic mass is 10.1. The van der Waals surface area contributed by atoms with Gasteiger partial charge in [0, 0.05) is 5.56 Å². The molecule has 0 saturated carbocycles. The standard InChI is InChI=1S/C13H16F5NO/c1-2-6-19-11(7-20-8-13(16,17)18)12-9(14)4-3-5-10(12)15/h3-5,11,19H,2,6-8H2,1H3. The molecule has 114 valence electrons. The topological polar surface area (TPSA) is 21.3 Å². The Hall–Kier alpha value is -1.21. The molecule has 7 heteroatoms. The molecule has 0 amide bonds. The lowest BCUT2D eigenvalue weighted by Gasteiger charge is -2.20. The summed E-state index contributed by atoms with van der Waals surface area (Å²) in [5, 5.41) is 2.78.